The minimum Gasteiger partial charge on any atom is -0.384 e. The number of ether oxygens (including phenoxy) is 1. The topological polar surface area (TPSA) is 75.3 Å². The SMILES string of the molecule is Cl.Cl.O=C(NCCCNc1cccnc1)c1cc2c(s1)C1(CCNCC1)OCC2. The van der Waals surface area contributed by atoms with Crippen molar-refractivity contribution in [2.45, 2.75) is 31.3 Å². The van der Waals surface area contributed by atoms with Gasteiger partial charge in [-0.05, 0) is 62.5 Å². The fourth-order valence-electron chi connectivity index (χ4n) is 3.81. The predicted octanol–water partition coefficient (Wildman–Crippen LogP) is 3.37. The van der Waals surface area contributed by atoms with Gasteiger partial charge < -0.3 is 20.7 Å². The number of pyridine rings is 1. The van der Waals surface area contributed by atoms with Gasteiger partial charge in [0.1, 0.15) is 5.60 Å². The van der Waals surface area contributed by atoms with Crippen LogP contribution in [0.3, 0.4) is 0 Å². The molecule has 0 radical (unpaired) electrons. The largest absolute Gasteiger partial charge is 0.384 e. The number of rotatable bonds is 6. The third kappa shape index (κ3) is 5.61. The molecular formula is C20H28Cl2N4O2S. The molecule has 1 spiro atoms. The van der Waals surface area contributed by atoms with Crippen LogP contribution in [0.1, 0.15) is 39.4 Å². The zero-order chi connectivity index (χ0) is 18.5. The Hall–Kier alpha value is -1.38. The number of amides is 1. The molecule has 2 aromatic rings. The van der Waals surface area contributed by atoms with Crippen LogP contribution in [0.25, 0.3) is 0 Å². The normalized spacial score (nSPS) is 16.8. The minimum atomic E-state index is -0.171. The fourth-order valence-corrected chi connectivity index (χ4v) is 5.14. The summed E-state index contributed by atoms with van der Waals surface area (Å²) in [7, 11) is 0. The second-order valence-corrected chi connectivity index (χ2v) is 8.14. The molecule has 1 amide bonds. The van der Waals surface area contributed by atoms with E-state index in [2.05, 4.69) is 27.0 Å². The predicted molar refractivity (Wildman–Crippen MR) is 122 cm³/mol. The molecule has 0 atom stereocenters. The lowest BCUT2D eigenvalue weighted by Gasteiger charge is -2.40. The highest BCUT2D eigenvalue weighted by Crippen LogP contribution is 2.44. The van der Waals surface area contributed by atoms with Gasteiger partial charge in [-0.3, -0.25) is 9.78 Å². The van der Waals surface area contributed by atoms with Gasteiger partial charge in [0, 0.05) is 30.4 Å². The first-order valence-electron chi connectivity index (χ1n) is 9.67. The Kier molecular flexibility index (Phi) is 9.17. The number of anilines is 1. The zero-order valence-electron chi connectivity index (χ0n) is 16.2. The van der Waals surface area contributed by atoms with Crippen LogP contribution in [-0.4, -0.2) is 43.7 Å². The number of thiophene rings is 1. The van der Waals surface area contributed by atoms with E-state index in [1.54, 1.807) is 23.7 Å². The van der Waals surface area contributed by atoms with Crippen LogP contribution in [0.5, 0.6) is 0 Å². The summed E-state index contributed by atoms with van der Waals surface area (Å²) in [6.07, 6.45) is 7.30. The molecule has 4 rings (SSSR count). The van der Waals surface area contributed by atoms with E-state index in [1.807, 2.05) is 12.1 Å². The number of carbonyl (C=O) groups excluding carboxylic acids is 1. The van der Waals surface area contributed by atoms with Crippen LogP contribution in [0.2, 0.25) is 0 Å². The van der Waals surface area contributed by atoms with Gasteiger partial charge in [-0.1, -0.05) is 0 Å². The summed E-state index contributed by atoms with van der Waals surface area (Å²) in [5.41, 5.74) is 2.13. The van der Waals surface area contributed by atoms with Crippen molar-refractivity contribution >= 4 is 47.7 Å². The quantitative estimate of drug-likeness (QED) is 0.578. The van der Waals surface area contributed by atoms with Crippen LogP contribution in [0.15, 0.2) is 30.6 Å². The van der Waals surface area contributed by atoms with Crippen molar-refractivity contribution in [2.24, 2.45) is 0 Å². The molecule has 4 heterocycles. The molecule has 3 N–H and O–H groups in total. The standard InChI is InChI=1S/C20H26N4O2S.2ClH/c25-19(24-9-2-8-23-16-3-1-7-22-14-16)17-13-15-4-12-26-20(18(15)27-17)5-10-21-11-6-20;;/h1,3,7,13-14,21,23H,2,4-6,8-12H2,(H,24,25);2*1H. The molecule has 0 bridgehead atoms. The zero-order valence-corrected chi connectivity index (χ0v) is 18.7. The summed E-state index contributed by atoms with van der Waals surface area (Å²) in [4.78, 5) is 18.7. The third-order valence-corrected chi connectivity index (χ3v) is 6.60. The molecule has 1 fully saturated rings. The first kappa shape index (κ1) is 23.9. The molecule has 0 aliphatic carbocycles. The van der Waals surface area contributed by atoms with Gasteiger partial charge in [0.05, 0.1) is 17.2 Å². The molecule has 2 aromatic heterocycles. The number of aromatic nitrogens is 1. The van der Waals surface area contributed by atoms with Gasteiger partial charge in [0.15, 0.2) is 0 Å². The van der Waals surface area contributed by atoms with Gasteiger partial charge in [-0.15, -0.1) is 36.2 Å². The van der Waals surface area contributed by atoms with Crippen LogP contribution in [0, 0.1) is 0 Å². The smallest absolute Gasteiger partial charge is 0.261 e. The van der Waals surface area contributed by atoms with Crippen molar-refractivity contribution < 1.29 is 9.53 Å². The van der Waals surface area contributed by atoms with Gasteiger partial charge in [0.25, 0.3) is 5.91 Å². The molecule has 29 heavy (non-hydrogen) atoms. The fraction of sp³-hybridized carbons (Fsp3) is 0.500. The summed E-state index contributed by atoms with van der Waals surface area (Å²) in [6.45, 7) is 4.16. The van der Waals surface area contributed by atoms with Crippen molar-refractivity contribution in [1.82, 2.24) is 15.6 Å². The Labute approximate surface area is 188 Å². The van der Waals surface area contributed by atoms with Gasteiger partial charge >= 0.3 is 0 Å². The number of carbonyl (C=O) groups is 1. The first-order valence-corrected chi connectivity index (χ1v) is 10.5. The number of hydrogen-bond donors (Lipinski definition) is 3. The van der Waals surface area contributed by atoms with E-state index in [9.17, 15) is 4.79 Å². The van der Waals surface area contributed by atoms with Gasteiger partial charge in [-0.25, -0.2) is 0 Å². The van der Waals surface area contributed by atoms with E-state index in [-0.39, 0.29) is 36.3 Å². The molecule has 0 aromatic carbocycles. The van der Waals surface area contributed by atoms with E-state index in [0.717, 1.165) is 62.5 Å². The summed E-state index contributed by atoms with van der Waals surface area (Å²) >= 11 is 1.62. The van der Waals surface area contributed by atoms with E-state index in [0.29, 0.717) is 6.54 Å². The molecule has 2 aliphatic rings. The maximum atomic E-state index is 12.6. The maximum Gasteiger partial charge on any atom is 0.261 e. The maximum absolute atomic E-state index is 12.6. The van der Waals surface area contributed by atoms with Crippen LogP contribution in [0.4, 0.5) is 5.69 Å². The Balaban J connectivity index is 0.00000150. The lowest BCUT2D eigenvalue weighted by Crippen LogP contribution is -2.43. The lowest BCUT2D eigenvalue weighted by atomic mass is 9.86. The van der Waals surface area contributed by atoms with Crippen molar-refractivity contribution in [1.29, 1.82) is 0 Å². The highest BCUT2D eigenvalue weighted by atomic mass is 35.5. The second-order valence-electron chi connectivity index (χ2n) is 7.09. The highest BCUT2D eigenvalue weighted by molar-refractivity contribution is 7.14. The summed E-state index contributed by atoms with van der Waals surface area (Å²) < 4.78 is 6.21. The van der Waals surface area contributed by atoms with E-state index in [4.69, 9.17) is 4.74 Å². The van der Waals surface area contributed by atoms with Gasteiger partial charge in [0.2, 0.25) is 0 Å². The number of piperidine rings is 1. The Morgan fingerprint density at radius 1 is 1.28 bits per heavy atom. The number of nitrogens with zero attached hydrogens (tertiary/aromatic N) is 1. The third-order valence-electron chi connectivity index (χ3n) is 5.24. The lowest BCUT2D eigenvalue weighted by molar-refractivity contribution is -0.0771. The van der Waals surface area contributed by atoms with Gasteiger partial charge in [-0.2, -0.15) is 0 Å². The molecular weight excluding hydrogens is 431 g/mol. The van der Waals surface area contributed by atoms with Crippen molar-refractivity contribution in [2.75, 3.05) is 38.1 Å². The van der Waals surface area contributed by atoms with Crippen molar-refractivity contribution in [3.05, 3.63) is 45.9 Å². The van der Waals surface area contributed by atoms with Crippen molar-refractivity contribution in [3.8, 4) is 0 Å². The Morgan fingerprint density at radius 2 is 2.10 bits per heavy atom. The van der Waals surface area contributed by atoms with Crippen molar-refractivity contribution in [3.63, 3.8) is 0 Å². The molecule has 6 nitrogen and oxygen atoms in total. The highest BCUT2D eigenvalue weighted by Gasteiger charge is 2.41. The Bertz CT molecular complexity index is 782. The summed E-state index contributed by atoms with van der Waals surface area (Å²) in [5.74, 6) is 0.0277. The average molecular weight is 459 g/mol. The first-order chi connectivity index (χ1) is 13.3. The van der Waals surface area contributed by atoms with E-state index >= 15 is 0 Å². The molecule has 9 heteroatoms. The molecule has 0 saturated carbocycles. The molecule has 0 unspecified atom stereocenters. The molecule has 2 aliphatic heterocycles. The number of nitrogens with one attached hydrogen (secondary N) is 3. The number of fused-ring (bicyclic) bond motifs is 2. The summed E-state index contributed by atoms with van der Waals surface area (Å²) in [5, 5.41) is 9.76. The van der Waals surface area contributed by atoms with E-state index < -0.39 is 0 Å². The van der Waals surface area contributed by atoms with Crippen LogP contribution in [-0.2, 0) is 16.8 Å². The van der Waals surface area contributed by atoms with E-state index in [1.165, 1.54) is 10.4 Å². The molecule has 160 valence electrons. The number of hydrogen-bond acceptors (Lipinski definition) is 6. The Morgan fingerprint density at radius 3 is 2.86 bits per heavy atom. The van der Waals surface area contributed by atoms with Crippen LogP contribution < -0.4 is 16.0 Å². The molecule has 1 saturated heterocycles. The monoisotopic (exact) mass is 458 g/mol. The average Bonchev–Trinajstić information content (AvgIpc) is 3.15. The minimum absolute atomic E-state index is 0. The number of halogens is 2. The second kappa shape index (κ2) is 11.1. The van der Waals surface area contributed by atoms with Crippen LogP contribution >= 0.6 is 36.2 Å². The summed E-state index contributed by atoms with van der Waals surface area (Å²) in [6, 6.07) is 5.97.